The molecule has 0 radical (unpaired) electrons. The molecular weight excluding hydrogens is 320 g/mol. The summed E-state index contributed by atoms with van der Waals surface area (Å²) in [4.78, 5) is 33.9. The minimum absolute atomic E-state index is 0.0761. The molecule has 0 fully saturated rings. The monoisotopic (exact) mass is 340 g/mol. The van der Waals surface area contributed by atoms with Crippen LogP contribution in [-0.2, 0) is 20.8 Å². The van der Waals surface area contributed by atoms with Gasteiger partial charge in [-0.05, 0) is 36.2 Å². The zero-order valence-corrected chi connectivity index (χ0v) is 13.7. The maximum Gasteiger partial charge on any atom is 0.303 e. The number of amides is 2. The van der Waals surface area contributed by atoms with Crippen LogP contribution in [0, 0.1) is 0 Å². The number of aryl methyl sites for hydroxylation is 1. The molecule has 2 rings (SSSR count). The van der Waals surface area contributed by atoms with Gasteiger partial charge in [-0.15, -0.1) is 0 Å². The predicted octanol–water partition coefficient (Wildman–Crippen LogP) is 3.06. The van der Waals surface area contributed by atoms with E-state index >= 15 is 0 Å². The summed E-state index contributed by atoms with van der Waals surface area (Å²) in [6.07, 6.45) is 0.775. The highest BCUT2D eigenvalue weighted by molar-refractivity contribution is 5.93. The summed E-state index contributed by atoms with van der Waals surface area (Å²) in [6.45, 7) is 0. The summed E-state index contributed by atoms with van der Waals surface area (Å²) in [5.74, 6) is -1.45. The molecule has 3 N–H and O–H groups in total. The Labute approximate surface area is 145 Å². The molecule has 0 aromatic heterocycles. The minimum atomic E-state index is -1.01. The van der Waals surface area contributed by atoms with Gasteiger partial charge in [-0.3, -0.25) is 14.4 Å². The number of benzene rings is 2. The maximum absolute atomic E-state index is 12.0. The molecule has 2 aromatic carbocycles. The molecule has 0 atom stereocenters. The van der Waals surface area contributed by atoms with Gasteiger partial charge in [0.2, 0.25) is 11.8 Å². The lowest BCUT2D eigenvalue weighted by molar-refractivity contribution is -0.138. The Balaban J connectivity index is 1.78. The van der Waals surface area contributed by atoms with Gasteiger partial charge in [0, 0.05) is 24.2 Å². The van der Waals surface area contributed by atoms with E-state index in [1.54, 1.807) is 24.3 Å². The van der Waals surface area contributed by atoms with E-state index in [0.717, 1.165) is 5.56 Å². The van der Waals surface area contributed by atoms with Crippen molar-refractivity contribution in [3.8, 4) is 0 Å². The normalized spacial score (nSPS) is 10.1. The molecule has 2 amide bonds. The Morgan fingerprint density at radius 3 is 1.76 bits per heavy atom. The first kappa shape index (κ1) is 18.2. The van der Waals surface area contributed by atoms with E-state index in [1.807, 2.05) is 30.3 Å². The van der Waals surface area contributed by atoms with Crippen LogP contribution in [0.5, 0.6) is 0 Å². The number of carbonyl (C=O) groups is 3. The molecule has 0 bridgehead atoms. The van der Waals surface area contributed by atoms with Crippen LogP contribution >= 0.6 is 0 Å². The Morgan fingerprint density at radius 1 is 0.720 bits per heavy atom. The smallest absolute Gasteiger partial charge is 0.303 e. The molecule has 6 nitrogen and oxygen atoms in total. The summed E-state index contributed by atoms with van der Waals surface area (Å²) in [7, 11) is 0. The van der Waals surface area contributed by atoms with Crippen molar-refractivity contribution < 1.29 is 19.5 Å². The fraction of sp³-hybridized carbons (Fsp3) is 0.211. The van der Waals surface area contributed by atoms with Gasteiger partial charge in [0.15, 0.2) is 0 Å². The molecule has 0 unspecified atom stereocenters. The van der Waals surface area contributed by atoms with E-state index < -0.39 is 5.97 Å². The van der Waals surface area contributed by atoms with Gasteiger partial charge in [-0.1, -0.05) is 30.3 Å². The van der Waals surface area contributed by atoms with E-state index in [2.05, 4.69) is 10.6 Å². The average molecular weight is 340 g/mol. The molecule has 0 aliphatic carbocycles. The van der Waals surface area contributed by atoms with E-state index in [-0.39, 0.29) is 24.7 Å². The van der Waals surface area contributed by atoms with Crippen LogP contribution in [0.15, 0.2) is 54.6 Å². The molecule has 0 spiro atoms. The first-order chi connectivity index (χ1) is 12.0. The highest BCUT2D eigenvalue weighted by Gasteiger charge is 2.07. The highest BCUT2D eigenvalue weighted by Crippen LogP contribution is 2.14. The van der Waals surface area contributed by atoms with E-state index in [0.29, 0.717) is 24.2 Å². The van der Waals surface area contributed by atoms with Crippen LogP contribution in [0.1, 0.15) is 24.8 Å². The van der Waals surface area contributed by atoms with E-state index in [4.69, 9.17) is 5.11 Å². The zero-order valence-electron chi connectivity index (χ0n) is 13.7. The third kappa shape index (κ3) is 6.87. The van der Waals surface area contributed by atoms with E-state index in [1.165, 1.54) is 0 Å². The first-order valence-electron chi connectivity index (χ1n) is 7.98. The molecule has 130 valence electrons. The van der Waals surface area contributed by atoms with Gasteiger partial charge in [-0.25, -0.2) is 0 Å². The van der Waals surface area contributed by atoms with Gasteiger partial charge in [0.25, 0.3) is 0 Å². The van der Waals surface area contributed by atoms with Crippen LogP contribution in [0.4, 0.5) is 11.4 Å². The number of anilines is 2. The fourth-order valence-corrected chi connectivity index (χ4v) is 2.21. The van der Waals surface area contributed by atoms with Crippen LogP contribution in [0.25, 0.3) is 0 Å². The Morgan fingerprint density at radius 2 is 1.24 bits per heavy atom. The van der Waals surface area contributed by atoms with E-state index in [9.17, 15) is 14.4 Å². The topological polar surface area (TPSA) is 95.5 Å². The van der Waals surface area contributed by atoms with Crippen molar-refractivity contribution in [3.05, 3.63) is 60.2 Å². The van der Waals surface area contributed by atoms with Gasteiger partial charge < -0.3 is 15.7 Å². The molecular formula is C19H20N2O4. The molecule has 25 heavy (non-hydrogen) atoms. The summed E-state index contributed by atoms with van der Waals surface area (Å²) in [6, 6.07) is 16.5. The number of carbonyl (C=O) groups excluding carboxylic acids is 2. The molecule has 0 saturated carbocycles. The average Bonchev–Trinajstić information content (AvgIpc) is 2.61. The number of nitrogens with one attached hydrogen (secondary N) is 2. The molecule has 0 aliphatic rings. The summed E-state index contributed by atoms with van der Waals surface area (Å²) >= 11 is 0. The summed E-state index contributed by atoms with van der Waals surface area (Å²) in [5.41, 5.74) is 2.30. The Hall–Kier alpha value is -3.15. The second-order valence-electron chi connectivity index (χ2n) is 5.55. The number of rotatable bonds is 8. The van der Waals surface area contributed by atoms with Crippen LogP contribution in [0.3, 0.4) is 0 Å². The quantitative estimate of drug-likeness (QED) is 0.688. The standard InChI is InChI=1S/C19H20N2O4/c22-17(11-6-14-4-2-1-3-5-14)20-15-7-9-16(10-8-15)21-18(23)12-13-19(24)25/h1-5,7-10H,6,11-13H2,(H,20,22)(H,21,23)(H,24,25). The van der Waals surface area contributed by atoms with Crippen molar-refractivity contribution >= 4 is 29.2 Å². The SMILES string of the molecule is O=C(O)CCC(=O)Nc1ccc(NC(=O)CCc2ccccc2)cc1. The van der Waals surface area contributed by atoms with Gasteiger partial charge in [0.1, 0.15) is 0 Å². The van der Waals surface area contributed by atoms with Crippen LogP contribution in [0.2, 0.25) is 0 Å². The molecule has 0 heterocycles. The number of hydrogen-bond donors (Lipinski definition) is 3. The maximum atomic E-state index is 12.0. The Kier molecular flexibility index (Phi) is 6.71. The molecule has 2 aromatic rings. The van der Waals surface area contributed by atoms with Gasteiger partial charge >= 0.3 is 5.97 Å². The van der Waals surface area contributed by atoms with Crippen molar-refractivity contribution in [2.24, 2.45) is 0 Å². The lowest BCUT2D eigenvalue weighted by Crippen LogP contribution is -2.14. The second-order valence-corrected chi connectivity index (χ2v) is 5.55. The summed E-state index contributed by atoms with van der Waals surface area (Å²) in [5, 5.41) is 14.0. The third-order valence-corrected chi connectivity index (χ3v) is 3.50. The third-order valence-electron chi connectivity index (χ3n) is 3.50. The number of aliphatic carboxylic acids is 1. The molecule has 0 saturated heterocycles. The first-order valence-corrected chi connectivity index (χ1v) is 7.98. The number of carboxylic acids is 1. The minimum Gasteiger partial charge on any atom is -0.481 e. The largest absolute Gasteiger partial charge is 0.481 e. The molecule has 0 aliphatic heterocycles. The van der Waals surface area contributed by atoms with Crippen LogP contribution in [-0.4, -0.2) is 22.9 Å². The zero-order chi connectivity index (χ0) is 18.1. The van der Waals surface area contributed by atoms with Crippen molar-refractivity contribution in [3.63, 3.8) is 0 Å². The number of carboxylic acid groups (broad SMARTS) is 1. The van der Waals surface area contributed by atoms with Gasteiger partial charge in [-0.2, -0.15) is 0 Å². The van der Waals surface area contributed by atoms with Crippen molar-refractivity contribution in [2.45, 2.75) is 25.7 Å². The highest BCUT2D eigenvalue weighted by atomic mass is 16.4. The molecule has 6 heteroatoms. The summed E-state index contributed by atoms with van der Waals surface area (Å²) < 4.78 is 0. The fourth-order valence-electron chi connectivity index (χ4n) is 2.21. The van der Waals surface area contributed by atoms with Crippen LogP contribution < -0.4 is 10.6 Å². The second kappa shape index (κ2) is 9.22. The predicted molar refractivity (Wildman–Crippen MR) is 95.3 cm³/mol. The number of hydrogen-bond acceptors (Lipinski definition) is 3. The lowest BCUT2D eigenvalue weighted by Gasteiger charge is -2.08. The lowest BCUT2D eigenvalue weighted by atomic mass is 10.1. The van der Waals surface area contributed by atoms with Crippen molar-refractivity contribution in [1.29, 1.82) is 0 Å². The van der Waals surface area contributed by atoms with Gasteiger partial charge in [0.05, 0.1) is 6.42 Å². The Bertz CT molecular complexity index is 727. The van der Waals surface area contributed by atoms with Crippen molar-refractivity contribution in [2.75, 3.05) is 10.6 Å². The van der Waals surface area contributed by atoms with Crippen molar-refractivity contribution in [1.82, 2.24) is 0 Å².